The maximum atomic E-state index is 14.2. The van der Waals surface area contributed by atoms with Gasteiger partial charge in [0.2, 0.25) is 0 Å². The molecule has 0 saturated carbocycles. The third-order valence-electron chi connectivity index (χ3n) is 8.53. The average molecular weight is 492 g/mol. The second kappa shape index (κ2) is 14.9. The zero-order valence-electron chi connectivity index (χ0n) is 24.8. The fourth-order valence-corrected chi connectivity index (χ4v) is 5.44. The van der Waals surface area contributed by atoms with E-state index in [0.717, 1.165) is 51.4 Å². The Bertz CT molecular complexity index is 663. The number of ketones is 2. The van der Waals surface area contributed by atoms with Gasteiger partial charge in [-0.1, -0.05) is 73.1 Å². The summed E-state index contributed by atoms with van der Waals surface area (Å²) in [6.07, 6.45) is 7.93. The molecule has 0 rings (SSSR count). The van der Waals surface area contributed by atoms with Crippen molar-refractivity contribution < 1.29 is 19.8 Å². The lowest BCUT2D eigenvalue weighted by atomic mass is 9.60. The maximum absolute atomic E-state index is 14.2. The molecule has 0 aliphatic carbocycles. The Morgan fingerprint density at radius 3 is 1.74 bits per heavy atom. The standard InChI is InChI=1S/C26H55B3N2O4/c1-9-13-17-23(5,21(32)20-31(29-27)26(8,35)16-12-4)25(7,18-14-10-2)30(28)19-22(33)24(6,34)15-11-3/h29,34-35H,9-20,27-28H2,1-8H3. The first-order chi connectivity index (χ1) is 16.1. The summed E-state index contributed by atoms with van der Waals surface area (Å²) in [7, 11) is 4.50. The fourth-order valence-electron chi connectivity index (χ4n) is 5.44. The van der Waals surface area contributed by atoms with Crippen molar-refractivity contribution in [3.05, 3.63) is 0 Å². The molecule has 4 atom stereocenters. The highest BCUT2D eigenvalue weighted by Crippen LogP contribution is 2.44. The predicted molar refractivity (Wildman–Crippen MR) is 154 cm³/mol. The van der Waals surface area contributed by atoms with Crippen LogP contribution in [0.25, 0.3) is 0 Å². The Labute approximate surface area is 219 Å². The van der Waals surface area contributed by atoms with Crippen LogP contribution in [0.15, 0.2) is 0 Å². The lowest BCUT2D eigenvalue weighted by Crippen LogP contribution is -2.63. The van der Waals surface area contributed by atoms with Gasteiger partial charge in [0.05, 0.1) is 14.3 Å². The third kappa shape index (κ3) is 9.01. The van der Waals surface area contributed by atoms with E-state index in [-0.39, 0.29) is 24.7 Å². The third-order valence-corrected chi connectivity index (χ3v) is 8.53. The molecule has 0 aliphatic rings. The highest BCUT2D eigenvalue weighted by atomic mass is 16.3. The number of carbonyl (C=O) groups excluding carboxylic acids is 2. The smallest absolute Gasteiger partial charge is 0.186 e. The second-order valence-electron chi connectivity index (χ2n) is 11.5. The Morgan fingerprint density at radius 2 is 1.29 bits per heavy atom. The number of unbranched alkanes of at least 4 members (excludes halogenated alkanes) is 2. The first-order valence-corrected chi connectivity index (χ1v) is 14.1. The van der Waals surface area contributed by atoms with Gasteiger partial charge in [0.1, 0.15) is 11.3 Å². The van der Waals surface area contributed by atoms with Gasteiger partial charge in [0.15, 0.2) is 26.9 Å². The quantitative estimate of drug-likeness (QED) is 0.201. The summed E-state index contributed by atoms with van der Waals surface area (Å²) in [5.41, 5.74) is -3.68. The number of rotatable bonds is 20. The van der Waals surface area contributed by atoms with Crippen LogP contribution in [0, 0.1) is 5.41 Å². The summed E-state index contributed by atoms with van der Waals surface area (Å²) in [4.78, 5) is 31.2. The minimum absolute atomic E-state index is 0.104. The van der Waals surface area contributed by atoms with Gasteiger partial charge < -0.3 is 19.8 Å². The van der Waals surface area contributed by atoms with Crippen LogP contribution in [0.4, 0.5) is 0 Å². The van der Waals surface area contributed by atoms with E-state index in [9.17, 15) is 19.8 Å². The van der Waals surface area contributed by atoms with Gasteiger partial charge in [0.25, 0.3) is 0 Å². The van der Waals surface area contributed by atoms with Crippen LogP contribution in [0.1, 0.15) is 120 Å². The van der Waals surface area contributed by atoms with Gasteiger partial charge in [-0.05, 0) is 46.5 Å². The van der Waals surface area contributed by atoms with Crippen LogP contribution < -0.4 is 0 Å². The molecule has 202 valence electrons. The first-order valence-electron chi connectivity index (χ1n) is 14.1. The zero-order valence-corrected chi connectivity index (χ0v) is 24.8. The van der Waals surface area contributed by atoms with Crippen LogP contribution in [0.3, 0.4) is 0 Å². The lowest BCUT2D eigenvalue weighted by molar-refractivity contribution is -0.145. The van der Waals surface area contributed by atoms with Gasteiger partial charge in [-0.3, -0.25) is 9.59 Å². The van der Waals surface area contributed by atoms with E-state index < -0.39 is 22.3 Å². The molecule has 0 aromatic carbocycles. The monoisotopic (exact) mass is 492 g/mol. The van der Waals surface area contributed by atoms with Crippen molar-refractivity contribution in [1.82, 2.24) is 9.62 Å². The molecule has 0 aromatic heterocycles. The molecule has 0 saturated heterocycles. The van der Waals surface area contributed by atoms with Crippen molar-refractivity contribution in [2.75, 3.05) is 13.1 Å². The molecule has 0 spiro atoms. The van der Waals surface area contributed by atoms with Crippen LogP contribution in [-0.4, -0.2) is 84.4 Å². The molecule has 0 bridgehead atoms. The van der Waals surface area contributed by atoms with Crippen molar-refractivity contribution in [3.63, 3.8) is 0 Å². The van der Waals surface area contributed by atoms with Crippen LogP contribution in [-0.2, 0) is 9.59 Å². The summed E-state index contributed by atoms with van der Waals surface area (Å²) in [5, 5.41) is 21.8. The van der Waals surface area contributed by atoms with E-state index in [0.29, 0.717) is 20.1 Å². The molecule has 6 nitrogen and oxygen atoms in total. The molecule has 2 N–H and O–H groups in total. The number of hydrogen-bond donors (Lipinski definition) is 2. The van der Waals surface area contributed by atoms with Gasteiger partial charge in [-0.15, -0.1) is 0 Å². The highest BCUT2D eigenvalue weighted by Gasteiger charge is 2.52. The Kier molecular flexibility index (Phi) is 14.7. The lowest BCUT2D eigenvalue weighted by Gasteiger charge is -2.53. The molecule has 4 unspecified atom stereocenters. The van der Waals surface area contributed by atoms with E-state index in [1.165, 1.54) is 0 Å². The molecule has 0 aliphatic heterocycles. The largest absolute Gasteiger partial charge is 0.382 e. The van der Waals surface area contributed by atoms with E-state index in [2.05, 4.69) is 27.7 Å². The minimum Gasteiger partial charge on any atom is -0.382 e. The van der Waals surface area contributed by atoms with Crippen molar-refractivity contribution in [3.8, 4) is 0 Å². The normalized spacial score (nSPS) is 19.0. The van der Waals surface area contributed by atoms with Gasteiger partial charge in [0, 0.05) is 17.5 Å². The van der Waals surface area contributed by atoms with Crippen molar-refractivity contribution in [1.29, 1.82) is 0 Å². The van der Waals surface area contributed by atoms with Crippen molar-refractivity contribution >= 4 is 34.6 Å². The molecule has 0 heterocycles. The van der Waals surface area contributed by atoms with Gasteiger partial charge in [-0.25, -0.2) is 0 Å². The number of carbonyl (C=O) groups is 2. The van der Waals surface area contributed by atoms with Gasteiger partial charge in [-0.2, -0.15) is 0 Å². The van der Waals surface area contributed by atoms with Crippen molar-refractivity contribution in [2.24, 2.45) is 5.41 Å². The molecule has 0 fully saturated rings. The van der Waals surface area contributed by atoms with Crippen LogP contribution >= 0.6 is 0 Å². The minimum atomic E-state index is -1.36. The SMILES string of the molecule is BBN(CC(=O)C(C)(CCCC)C(C)(CCCC)N(B)CC(=O)C(C)(O)CCC)C(C)(O)CCC. The zero-order chi connectivity index (χ0) is 27.5. The van der Waals surface area contributed by atoms with E-state index in [4.69, 9.17) is 0 Å². The Balaban J connectivity index is 6.34. The molecule has 9 heteroatoms. The van der Waals surface area contributed by atoms with Crippen molar-refractivity contribution in [2.45, 2.75) is 136 Å². The second-order valence-corrected chi connectivity index (χ2v) is 11.5. The topological polar surface area (TPSA) is 81.1 Å². The number of Topliss-reactive ketones (excluding diaryl/α,β-unsaturated/α-hetero) is 2. The summed E-state index contributed by atoms with van der Waals surface area (Å²) < 4.78 is 0. The van der Waals surface area contributed by atoms with Crippen LogP contribution in [0.5, 0.6) is 0 Å². The maximum Gasteiger partial charge on any atom is 0.186 e. The molecule has 0 radical (unpaired) electrons. The Morgan fingerprint density at radius 1 is 0.771 bits per heavy atom. The van der Waals surface area contributed by atoms with E-state index in [1.807, 2.05) is 39.2 Å². The summed E-state index contributed by atoms with van der Waals surface area (Å²) in [5.74, 6) is -0.0849. The van der Waals surface area contributed by atoms with Crippen LogP contribution in [0.2, 0.25) is 0 Å². The summed E-state index contributed by atoms with van der Waals surface area (Å²) >= 11 is 0. The predicted octanol–water partition coefficient (Wildman–Crippen LogP) is 2.38. The average Bonchev–Trinajstić information content (AvgIpc) is 2.78. The highest BCUT2D eigenvalue weighted by molar-refractivity contribution is 6.87. The molecular weight excluding hydrogens is 437 g/mol. The van der Waals surface area contributed by atoms with Gasteiger partial charge >= 0.3 is 0 Å². The molecular formula is C26H55B3N2O4. The number of aliphatic hydroxyl groups is 2. The summed E-state index contributed by atoms with van der Waals surface area (Å²) in [6.45, 7) is 16.2. The molecule has 0 amide bonds. The van der Waals surface area contributed by atoms with E-state index >= 15 is 0 Å². The Hall–Kier alpha value is -0.625. The molecule has 35 heavy (non-hydrogen) atoms. The number of hydrogen-bond acceptors (Lipinski definition) is 6. The fraction of sp³-hybridized carbons (Fsp3) is 0.923. The number of nitrogens with zero attached hydrogens (tertiary/aromatic N) is 2. The molecule has 0 aromatic rings. The first kappa shape index (κ1) is 34.4. The van der Waals surface area contributed by atoms with E-state index in [1.54, 1.807) is 13.8 Å². The summed E-state index contributed by atoms with van der Waals surface area (Å²) in [6, 6.07) is 0.